The van der Waals surface area contributed by atoms with E-state index in [0.29, 0.717) is 6.04 Å². The first kappa shape index (κ1) is 18.4. The molecule has 0 aromatic rings. The first-order valence-electron chi connectivity index (χ1n) is 8.01. The van der Waals surface area contributed by atoms with Gasteiger partial charge in [0.25, 0.3) is 0 Å². The van der Waals surface area contributed by atoms with Crippen molar-refractivity contribution in [1.29, 1.82) is 0 Å². The van der Waals surface area contributed by atoms with Gasteiger partial charge in [-0.25, -0.2) is 0 Å². The molecule has 1 amide bonds. The number of primary amides is 1. The molecule has 1 aliphatic heterocycles. The highest BCUT2D eigenvalue weighted by Crippen LogP contribution is 2.24. The van der Waals surface area contributed by atoms with E-state index in [2.05, 4.69) is 42.9 Å². The molecule has 0 aliphatic carbocycles. The molecule has 124 valence electrons. The standard InChI is InChI=1S/C16H34N4O/c1-12(2)18-16(6,14(17)21)10-13(3)20-9-8-19(7)15(4,5)11-20/h12-13,18H,8-11H2,1-7H3,(H2,17,21). The molecule has 2 atom stereocenters. The van der Waals surface area contributed by atoms with E-state index in [4.69, 9.17) is 5.73 Å². The zero-order chi connectivity index (χ0) is 16.4. The Labute approximate surface area is 130 Å². The second kappa shape index (κ2) is 6.63. The van der Waals surface area contributed by atoms with E-state index in [1.807, 2.05) is 20.8 Å². The number of nitrogens with zero attached hydrogens (tertiary/aromatic N) is 2. The maximum atomic E-state index is 11.9. The summed E-state index contributed by atoms with van der Waals surface area (Å²) in [7, 11) is 2.18. The van der Waals surface area contributed by atoms with E-state index >= 15 is 0 Å². The molecule has 1 rings (SSSR count). The molecular weight excluding hydrogens is 264 g/mol. The van der Waals surface area contributed by atoms with E-state index in [0.717, 1.165) is 26.1 Å². The Morgan fingerprint density at radius 2 is 1.90 bits per heavy atom. The fourth-order valence-electron chi connectivity index (χ4n) is 3.24. The van der Waals surface area contributed by atoms with Crippen molar-refractivity contribution < 1.29 is 4.79 Å². The molecule has 5 nitrogen and oxygen atoms in total. The van der Waals surface area contributed by atoms with Crippen LogP contribution < -0.4 is 11.1 Å². The number of nitrogens with two attached hydrogens (primary N) is 1. The average Bonchev–Trinajstić information content (AvgIpc) is 2.31. The van der Waals surface area contributed by atoms with Crippen LogP contribution in [0.3, 0.4) is 0 Å². The van der Waals surface area contributed by atoms with Gasteiger partial charge < -0.3 is 11.1 Å². The summed E-state index contributed by atoms with van der Waals surface area (Å²) >= 11 is 0. The Bertz CT molecular complexity index is 369. The van der Waals surface area contributed by atoms with Gasteiger partial charge in [0, 0.05) is 37.3 Å². The predicted molar refractivity (Wildman–Crippen MR) is 88.2 cm³/mol. The largest absolute Gasteiger partial charge is 0.368 e. The zero-order valence-electron chi connectivity index (χ0n) is 14.9. The summed E-state index contributed by atoms with van der Waals surface area (Å²) < 4.78 is 0. The highest BCUT2D eigenvalue weighted by atomic mass is 16.1. The summed E-state index contributed by atoms with van der Waals surface area (Å²) in [6.07, 6.45) is 0.736. The van der Waals surface area contributed by atoms with Crippen LogP contribution in [0.4, 0.5) is 0 Å². The van der Waals surface area contributed by atoms with Crippen molar-refractivity contribution in [3.8, 4) is 0 Å². The highest BCUT2D eigenvalue weighted by molar-refractivity contribution is 5.84. The van der Waals surface area contributed by atoms with Crippen molar-refractivity contribution in [3.05, 3.63) is 0 Å². The van der Waals surface area contributed by atoms with E-state index in [1.54, 1.807) is 0 Å². The number of rotatable bonds is 6. The number of amides is 1. The normalized spacial score (nSPS) is 24.8. The van der Waals surface area contributed by atoms with Crippen LogP contribution in [-0.4, -0.2) is 65.6 Å². The lowest BCUT2D eigenvalue weighted by Crippen LogP contribution is -2.62. The molecule has 0 spiro atoms. The maximum absolute atomic E-state index is 11.9. The van der Waals surface area contributed by atoms with Gasteiger partial charge in [-0.05, 0) is 55.0 Å². The first-order chi connectivity index (χ1) is 9.48. The summed E-state index contributed by atoms with van der Waals surface area (Å²) in [5.41, 5.74) is 5.16. The predicted octanol–water partition coefficient (Wildman–Crippen LogP) is 1.03. The van der Waals surface area contributed by atoms with Gasteiger partial charge in [0.2, 0.25) is 5.91 Å². The molecule has 21 heavy (non-hydrogen) atoms. The molecule has 1 saturated heterocycles. The lowest BCUT2D eigenvalue weighted by atomic mass is 9.89. The zero-order valence-corrected chi connectivity index (χ0v) is 14.9. The summed E-state index contributed by atoms with van der Waals surface area (Å²) in [5.74, 6) is -0.267. The lowest BCUT2D eigenvalue weighted by Gasteiger charge is -2.48. The van der Waals surface area contributed by atoms with Crippen LogP contribution in [-0.2, 0) is 4.79 Å². The quantitative estimate of drug-likeness (QED) is 0.769. The summed E-state index contributed by atoms with van der Waals surface area (Å²) in [5, 5.41) is 3.34. The Kier molecular flexibility index (Phi) is 5.81. The second-order valence-electron chi connectivity index (χ2n) is 7.75. The molecule has 3 N–H and O–H groups in total. The Morgan fingerprint density at radius 1 is 1.33 bits per heavy atom. The van der Waals surface area contributed by atoms with Gasteiger partial charge >= 0.3 is 0 Å². The molecule has 0 aromatic carbocycles. The van der Waals surface area contributed by atoms with Crippen LogP contribution in [0.25, 0.3) is 0 Å². The van der Waals surface area contributed by atoms with E-state index in [1.165, 1.54) is 0 Å². The molecule has 1 fully saturated rings. The van der Waals surface area contributed by atoms with Crippen LogP contribution in [0, 0.1) is 0 Å². The molecule has 0 aromatic heterocycles. The van der Waals surface area contributed by atoms with Gasteiger partial charge in [-0.2, -0.15) is 0 Å². The van der Waals surface area contributed by atoms with Gasteiger partial charge in [0.05, 0.1) is 5.54 Å². The topological polar surface area (TPSA) is 61.6 Å². The molecule has 0 saturated carbocycles. The Hall–Kier alpha value is -0.650. The third kappa shape index (κ3) is 4.66. The Balaban J connectivity index is 2.74. The van der Waals surface area contributed by atoms with Crippen molar-refractivity contribution in [1.82, 2.24) is 15.1 Å². The van der Waals surface area contributed by atoms with E-state index in [-0.39, 0.29) is 17.5 Å². The fraction of sp³-hybridized carbons (Fsp3) is 0.938. The SMILES string of the molecule is CC(C)NC(C)(CC(C)N1CCN(C)C(C)(C)C1)C(N)=O. The van der Waals surface area contributed by atoms with Crippen molar-refractivity contribution in [2.75, 3.05) is 26.7 Å². The van der Waals surface area contributed by atoms with Gasteiger partial charge in [0.15, 0.2) is 0 Å². The lowest BCUT2D eigenvalue weighted by molar-refractivity contribution is -0.125. The molecular formula is C16H34N4O. The van der Waals surface area contributed by atoms with Crippen molar-refractivity contribution >= 4 is 5.91 Å². The summed E-state index contributed by atoms with van der Waals surface area (Å²) in [4.78, 5) is 16.8. The van der Waals surface area contributed by atoms with Gasteiger partial charge in [0.1, 0.15) is 0 Å². The monoisotopic (exact) mass is 298 g/mol. The first-order valence-corrected chi connectivity index (χ1v) is 8.01. The molecule has 0 radical (unpaired) electrons. The minimum atomic E-state index is -0.652. The van der Waals surface area contributed by atoms with Crippen LogP contribution in [0.2, 0.25) is 0 Å². The molecule has 1 heterocycles. The maximum Gasteiger partial charge on any atom is 0.237 e. The van der Waals surface area contributed by atoms with Crippen LogP contribution >= 0.6 is 0 Å². The average molecular weight is 298 g/mol. The number of carbonyl (C=O) groups is 1. The van der Waals surface area contributed by atoms with E-state index < -0.39 is 5.54 Å². The Morgan fingerprint density at radius 3 is 2.33 bits per heavy atom. The van der Waals surface area contributed by atoms with Crippen molar-refractivity contribution in [3.63, 3.8) is 0 Å². The summed E-state index contributed by atoms with van der Waals surface area (Å²) in [6.45, 7) is 15.9. The summed E-state index contributed by atoms with van der Waals surface area (Å²) in [6, 6.07) is 0.556. The fourth-order valence-corrected chi connectivity index (χ4v) is 3.24. The molecule has 5 heteroatoms. The van der Waals surface area contributed by atoms with Crippen LogP contribution in [0.15, 0.2) is 0 Å². The number of hydrogen-bond acceptors (Lipinski definition) is 4. The van der Waals surface area contributed by atoms with Gasteiger partial charge in [-0.3, -0.25) is 14.6 Å². The number of hydrogen-bond donors (Lipinski definition) is 2. The number of carbonyl (C=O) groups excluding carboxylic acids is 1. The smallest absolute Gasteiger partial charge is 0.237 e. The van der Waals surface area contributed by atoms with E-state index in [9.17, 15) is 4.79 Å². The second-order valence-corrected chi connectivity index (χ2v) is 7.75. The van der Waals surface area contributed by atoms with Gasteiger partial charge in [-0.15, -0.1) is 0 Å². The number of likely N-dealkylation sites (N-methyl/N-ethyl adjacent to an activating group) is 1. The minimum Gasteiger partial charge on any atom is -0.368 e. The van der Waals surface area contributed by atoms with Crippen molar-refractivity contribution in [2.24, 2.45) is 5.73 Å². The third-order valence-electron chi connectivity index (χ3n) is 4.82. The highest BCUT2D eigenvalue weighted by Gasteiger charge is 2.38. The molecule has 0 bridgehead atoms. The molecule has 2 unspecified atom stereocenters. The van der Waals surface area contributed by atoms with Crippen LogP contribution in [0.1, 0.15) is 48.0 Å². The van der Waals surface area contributed by atoms with Crippen LogP contribution in [0.5, 0.6) is 0 Å². The number of piperazine rings is 1. The third-order valence-corrected chi connectivity index (χ3v) is 4.82. The van der Waals surface area contributed by atoms with Gasteiger partial charge in [-0.1, -0.05) is 0 Å². The molecule has 1 aliphatic rings. The minimum absolute atomic E-state index is 0.168. The van der Waals surface area contributed by atoms with Crippen molar-refractivity contribution in [2.45, 2.75) is 71.1 Å². The number of nitrogens with one attached hydrogen (secondary N) is 1.